The molecule has 3 N–H and O–H groups in total. The topological polar surface area (TPSA) is 126 Å². The summed E-state index contributed by atoms with van der Waals surface area (Å²) in [4.78, 5) is 41.4. The Kier molecular flexibility index (Phi) is 10.6. The van der Waals surface area contributed by atoms with Gasteiger partial charge in [0.25, 0.3) is 0 Å². The van der Waals surface area contributed by atoms with Crippen LogP contribution < -0.4 is 20.1 Å². The SMILES string of the molecule is CCCC[C@H](COC(=O)N(Cc1cccs1)Cc1cccs1)NC(=O)N[C@@H](CC(=O)O)c1ccc2c(c1)OCO2. The zero-order valence-corrected chi connectivity index (χ0v) is 23.8. The maximum atomic E-state index is 13.1. The largest absolute Gasteiger partial charge is 0.481 e. The Morgan fingerprint density at radius 2 is 1.73 bits per heavy atom. The first kappa shape index (κ1) is 29.2. The minimum atomic E-state index is -1.06. The van der Waals surface area contributed by atoms with E-state index < -0.39 is 30.2 Å². The molecule has 0 fully saturated rings. The Balaban J connectivity index is 1.38. The lowest BCUT2D eigenvalue weighted by molar-refractivity contribution is -0.137. The number of carboxylic acid groups (broad SMARTS) is 1. The van der Waals surface area contributed by atoms with Gasteiger partial charge in [0.15, 0.2) is 11.5 Å². The molecule has 0 spiro atoms. The average molecular weight is 588 g/mol. The number of fused-ring (bicyclic) bond motifs is 1. The summed E-state index contributed by atoms with van der Waals surface area (Å²) >= 11 is 3.14. The number of thiophene rings is 2. The van der Waals surface area contributed by atoms with Gasteiger partial charge in [-0.1, -0.05) is 38.0 Å². The summed E-state index contributed by atoms with van der Waals surface area (Å²) in [7, 11) is 0. The third-order valence-corrected chi connectivity index (χ3v) is 7.97. The molecule has 3 amide bonds. The van der Waals surface area contributed by atoms with Crippen molar-refractivity contribution in [1.29, 1.82) is 0 Å². The molecule has 0 aliphatic carbocycles. The lowest BCUT2D eigenvalue weighted by atomic mass is 10.0. The zero-order chi connectivity index (χ0) is 28.3. The number of unbranched alkanes of at least 4 members (excludes halogenated alkanes) is 1. The molecule has 3 aromatic rings. The number of nitrogens with zero attached hydrogens (tertiary/aromatic N) is 1. The molecule has 0 bridgehead atoms. The van der Waals surface area contributed by atoms with E-state index in [1.165, 1.54) is 0 Å². The molecule has 0 saturated heterocycles. The van der Waals surface area contributed by atoms with Gasteiger partial charge in [-0.05, 0) is 47.0 Å². The number of urea groups is 1. The van der Waals surface area contributed by atoms with Crippen LogP contribution in [0.1, 0.15) is 54.0 Å². The molecule has 2 atom stereocenters. The number of hydrogen-bond acceptors (Lipinski definition) is 8. The van der Waals surface area contributed by atoms with Crippen molar-refractivity contribution >= 4 is 40.8 Å². The van der Waals surface area contributed by atoms with Crippen LogP contribution in [-0.4, -0.2) is 47.5 Å². The number of amides is 3. The highest BCUT2D eigenvalue weighted by Crippen LogP contribution is 2.34. The third kappa shape index (κ3) is 8.62. The molecule has 4 rings (SSSR count). The Morgan fingerprint density at radius 1 is 1.02 bits per heavy atom. The summed E-state index contributed by atoms with van der Waals surface area (Å²) in [5.74, 6) is 0.00408. The zero-order valence-electron chi connectivity index (χ0n) is 22.2. The molecule has 3 heterocycles. The lowest BCUT2D eigenvalue weighted by Gasteiger charge is -2.25. The van der Waals surface area contributed by atoms with Gasteiger partial charge < -0.3 is 30.0 Å². The highest BCUT2D eigenvalue weighted by Gasteiger charge is 2.24. The maximum absolute atomic E-state index is 13.1. The van der Waals surface area contributed by atoms with E-state index in [-0.39, 0.29) is 19.8 Å². The molecule has 1 aliphatic rings. The van der Waals surface area contributed by atoms with Crippen LogP contribution in [0.15, 0.2) is 53.2 Å². The third-order valence-electron chi connectivity index (χ3n) is 6.24. The second-order valence-electron chi connectivity index (χ2n) is 9.31. The molecule has 1 aromatic carbocycles. The van der Waals surface area contributed by atoms with Crippen molar-refractivity contribution in [2.24, 2.45) is 0 Å². The van der Waals surface area contributed by atoms with Crippen LogP contribution in [0.3, 0.4) is 0 Å². The minimum absolute atomic E-state index is 0.00868. The smallest absolute Gasteiger partial charge is 0.410 e. The molecule has 10 nitrogen and oxygen atoms in total. The molecule has 2 aromatic heterocycles. The van der Waals surface area contributed by atoms with E-state index in [1.54, 1.807) is 45.8 Å². The molecule has 0 unspecified atom stereocenters. The van der Waals surface area contributed by atoms with Gasteiger partial charge in [0.05, 0.1) is 31.6 Å². The molecular weight excluding hydrogens is 554 g/mol. The van der Waals surface area contributed by atoms with Crippen LogP contribution in [0.2, 0.25) is 0 Å². The first-order chi connectivity index (χ1) is 19.4. The second kappa shape index (κ2) is 14.6. The predicted octanol–water partition coefficient (Wildman–Crippen LogP) is 5.75. The van der Waals surface area contributed by atoms with Gasteiger partial charge in [0.1, 0.15) is 6.61 Å². The second-order valence-corrected chi connectivity index (χ2v) is 11.4. The standard InChI is InChI=1S/C28H33N3O7S2/c1-2-3-6-20(17-36-28(35)31(15-21-7-4-11-39-21)16-22-8-5-12-40-22)29-27(34)30-23(14-26(32)33)19-9-10-24-25(13-19)38-18-37-24/h4-5,7-13,20,23H,2-3,6,14-18H2,1H3,(H,32,33)(H2,29,30,34)/t20-,23+/m1/s1. The van der Waals surface area contributed by atoms with Gasteiger partial charge in [0.2, 0.25) is 6.79 Å². The van der Waals surface area contributed by atoms with Gasteiger partial charge in [-0.3, -0.25) is 9.69 Å². The number of hydrogen-bond donors (Lipinski definition) is 3. The minimum Gasteiger partial charge on any atom is -0.481 e. The highest BCUT2D eigenvalue weighted by molar-refractivity contribution is 7.10. The van der Waals surface area contributed by atoms with Gasteiger partial charge in [0, 0.05) is 9.75 Å². The fourth-order valence-electron chi connectivity index (χ4n) is 4.22. The van der Waals surface area contributed by atoms with Crippen LogP contribution in [0.4, 0.5) is 9.59 Å². The average Bonchev–Trinajstić information content (AvgIpc) is 3.72. The Labute approximate surface area is 240 Å². The lowest BCUT2D eigenvalue weighted by Crippen LogP contribution is -2.46. The molecule has 214 valence electrons. The molecular formula is C28H33N3O7S2. The number of carboxylic acids is 1. The predicted molar refractivity (Wildman–Crippen MR) is 152 cm³/mol. The molecule has 0 radical (unpaired) electrons. The van der Waals surface area contributed by atoms with Gasteiger partial charge in [-0.2, -0.15) is 0 Å². The number of carbonyl (C=O) groups is 3. The van der Waals surface area contributed by atoms with Crippen molar-refractivity contribution < 1.29 is 33.7 Å². The summed E-state index contributed by atoms with van der Waals surface area (Å²) in [6, 6.07) is 11.1. The maximum Gasteiger partial charge on any atom is 0.410 e. The van der Waals surface area contributed by atoms with Gasteiger partial charge >= 0.3 is 18.1 Å². The van der Waals surface area contributed by atoms with Crippen LogP contribution >= 0.6 is 22.7 Å². The van der Waals surface area contributed by atoms with Crippen molar-refractivity contribution in [3.05, 3.63) is 68.5 Å². The van der Waals surface area contributed by atoms with E-state index in [1.807, 2.05) is 41.9 Å². The summed E-state index contributed by atoms with van der Waals surface area (Å²) in [5, 5.41) is 19.0. The normalized spacial score (nSPS) is 13.3. The first-order valence-corrected chi connectivity index (χ1v) is 14.8. The van der Waals surface area contributed by atoms with E-state index in [4.69, 9.17) is 14.2 Å². The van der Waals surface area contributed by atoms with Crippen LogP contribution in [0.25, 0.3) is 0 Å². The summed E-state index contributed by atoms with van der Waals surface area (Å²) in [6.45, 7) is 2.97. The van der Waals surface area contributed by atoms with Crippen LogP contribution in [0.5, 0.6) is 11.5 Å². The van der Waals surface area contributed by atoms with E-state index in [2.05, 4.69) is 10.6 Å². The fourth-order valence-corrected chi connectivity index (χ4v) is 5.66. The molecule has 0 saturated carbocycles. The van der Waals surface area contributed by atoms with Crippen LogP contribution in [0, 0.1) is 0 Å². The number of ether oxygens (including phenoxy) is 3. The van der Waals surface area contributed by atoms with E-state index >= 15 is 0 Å². The van der Waals surface area contributed by atoms with Gasteiger partial charge in [-0.25, -0.2) is 9.59 Å². The number of benzene rings is 1. The van der Waals surface area contributed by atoms with Crippen LogP contribution in [-0.2, 0) is 22.6 Å². The molecule has 12 heteroatoms. The van der Waals surface area contributed by atoms with Crippen molar-refractivity contribution in [2.75, 3.05) is 13.4 Å². The number of aliphatic carboxylic acids is 1. The van der Waals surface area contributed by atoms with E-state index in [0.29, 0.717) is 36.6 Å². The first-order valence-electron chi connectivity index (χ1n) is 13.1. The van der Waals surface area contributed by atoms with Crippen molar-refractivity contribution in [3.8, 4) is 11.5 Å². The highest BCUT2D eigenvalue weighted by atomic mass is 32.1. The molecule has 1 aliphatic heterocycles. The fraction of sp³-hybridized carbons (Fsp3) is 0.393. The van der Waals surface area contributed by atoms with Crippen molar-refractivity contribution in [3.63, 3.8) is 0 Å². The Bertz CT molecular complexity index is 1210. The van der Waals surface area contributed by atoms with Gasteiger partial charge in [-0.15, -0.1) is 22.7 Å². The number of nitrogens with one attached hydrogen (secondary N) is 2. The Morgan fingerprint density at radius 3 is 2.35 bits per heavy atom. The molecule has 40 heavy (non-hydrogen) atoms. The van der Waals surface area contributed by atoms with Crippen molar-refractivity contribution in [1.82, 2.24) is 15.5 Å². The van der Waals surface area contributed by atoms with E-state index in [9.17, 15) is 19.5 Å². The van der Waals surface area contributed by atoms with E-state index in [0.717, 1.165) is 22.6 Å². The summed E-state index contributed by atoms with van der Waals surface area (Å²) in [5.41, 5.74) is 0.580. The summed E-state index contributed by atoms with van der Waals surface area (Å²) < 4.78 is 16.4. The number of rotatable bonds is 14. The quantitative estimate of drug-likeness (QED) is 0.219. The summed E-state index contributed by atoms with van der Waals surface area (Å²) in [6.07, 6.45) is 1.53. The monoisotopic (exact) mass is 587 g/mol. The Hall–Kier alpha value is -3.77. The number of carbonyl (C=O) groups excluding carboxylic acids is 2. The van der Waals surface area contributed by atoms with Crippen molar-refractivity contribution in [2.45, 2.75) is 57.8 Å².